The Morgan fingerprint density at radius 1 is 1.12 bits per heavy atom. The highest BCUT2D eigenvalue weighted by Crippen LogP contribution is 2.27. The Morgan fingerprint density at radius 3 is 2.75 bits per heavy atom. The number of ether oxygens (including phenoxy) is 3. The van der Waals surface area contributed by atoms with Crippen molar-refractivity contribution < 1.29 is 23.4 Å². The average molecular weight is 466 g/mol. The lowest BCUT2D eigenvalue weighted by molar-refractivity contribution is -0.00871. The topological polar surface area (TPSA) is 63.3 Å². The van der Waals surface area contributed by atoms with Gasteiger partial charge in [0.25, 0.3) is 5.91 Å². The number of amides is 1. The summed E-state index contributed by atoms with van der Waals surface area (Å²) in [6.07, 6.45) is 0.975. The van der Waals surface area contributed by atoms with Crippen LogP contribution in [-0.4, -0.2) is 71.2 Å². The number of halogens is 2. The first-order chi connectivity index (χ1) is 15.5. The van der Waals surface area contributed by atoms with Crippen LogP contribution in [0.15, 0.2) is 36.4 Å². The predicted molar refractivity (Wildman–Crippen MR) is 123 cm³/mol. The number of carbonyl (C=O) groups excluding carboxylic acids is 1. The molecule has 0 aliphatic carbocycles. The molecule has 1 fully saturated rings. The fourth-order valence-corrected chi connectivity index (χ4v) is 3.60. The molecule has 0 unspecified atom stereocenters. The molecule has 0 aromatic heterocycles. The lowest BCUT2D eigenvalue weighted by Crippen LogP contribution is -2.29. The number of hydrogen-bond acceptors (Lipinski definition) is 6. The molecule has 0 spiro atoms. The molecule has 3 rings (SSSR count). The van der Waals surface area contributed by atoms with Gasteiger partial charge in [0.1, 0.15) is 11.6 Å². The van der Waals surface area contributed by atoms with Crippen LogP contribution in [0.3, 0.4) is 0 Å². The Bertz CT molecular complexity index is 915. The summed E-state index contributed by atoms with van der Waals surface area (Å²) in [5, 5.41) is 3.15. The number of methoxy groups -OCH3 is 1. The number of nitrogens with zero attached hydrogens (tertiary/aromatic N) is 2. The summed E-state index contributed by atoms with van der Waals surface area (Å²) in [5.41, 5.74) is 1.17. The number of hydrogen-bond donors (Lipinski definition) is 1. The number of anilines is 2. The van der Waals surface area contributed by atoms with Crippen molar-refractivity contribution in [2.75, 3.05) is 70.6 Å². The van der Waals surface area contributed by atoms with Gasteiger partial charge < -0.3 is 29.3 Å². The fourth-order valence-electron chi connectivity index (χ4n) is 3.44. The maximum absolute atomic E-state index is 14.8. The molecule has 1 heterocycles. The zero-order valence-corrected chi connectivity index (χ0v) is 19.2. The molecule has 2 aromatic rings. The third kappa shape index (κ3) is 6.80. The summed E-state index contributed by atoms with van der Waals surface area (Å²) in [6, 6.07) is 9.44. The molecule has 0 radical (unpaired) electrons. The van der Waals surface area contributed by atoms with Gasteiger partial charge in [-0.25, -0.2) is 4.39 Å². The van der Waals surface area contributed by atoms with Crippen LogP contribution in [0, 0.1) is 5.82 Å². The van der Waals surface area contributed by atoms with E-state index in [2.05, 4.69) is 17.3 Å². The molecule has 0 saturated carbocycles. The van der Waals surface area contributed by atoms with E-state index in [1.54, 1.807) is 31.4 Å². The van der Waals surface area contributed by atoms with Gasteiger partial charge in [-0.1, -0.05) is 11.6 Å². The van der Waals surface area contributed by atoms with E-state index in [1.807, 2.05) is 4.90 Å². The number of nitrogens with one attached hydrogen (secondary N) is 1. The maximum Gasteiger partial charge on any atom is 0.259 e. The molecular weight excluding hydrogens is 437 g/mol. The molecular formula is C23H29ClFN3O4. The molecule has 9 heteroatoms. The van der Waals surface area contributed by atoms with Gasteiger partial charge in [-0.05, 0) is 56.4 Å². The highest BCUT2D eigenvalue weighted by atomic mass is 35.5. The highest BCUT2D eigenvalue weighted by Gasteiger charge is 2.18. The van der Waals surface area contributed by atoms with E-state index in [1.165, 1.54) is 12.1 Å². The zero-order chi connectivity index (χ0) is 22.9. The average Bonchev–Trinajstić information content (AvgIpc) is 2.98. The summed E-state index contributed by atoms with van der Waals surface area (Å²) < 4.78 is 30.6. The van der Waals surface area contributed by atoms with Crippen molar-refractivity contribution in [3.8, 4) is 5.75 Å². The fraction of sp³-hybridized carbons (Fsp3) is 0.435. The van der Waals surface area contributed by atoms with Gasteiger partial charge in [0.2, 0.25) is 0 Å². The van der Waals surface area contributed by atoms with E-state index in [0.29, 0.717) is 29.6 Å². The van der Waals surface area contributed by atoms with Gasteiger partial charge in [-0.15, -0.1) is 0 Å². The molecule has 1 aliphatic rings. The highest BCUT2D eigenvalue weighted by molar-refractivity contribution is 6.31. The van der Waals surface area contributed by atoms with Crippen LogP contribution in [0.2, 0.25) is 5.02 Å². The summed E-state index contributed by atoms with van der Waals surface area (Å²) in [4.78, 5) is 17.1. The van der Waals surface area contributed by atoms with Gasteiger partial charge >= 0.3 is 0 Å². The number of rotatable bonds is 9. The van der Waals surface area contributed by atoms with E-state index in [4.69, 9.17) is 25.8 Å². The first kappa shape index (κ1) is 24.3. The molecule has 7 nitrogen and oxygen atoms in total. The largest absolute Gasteiger partial charge is 0.467 e. The Morgan fingerprint density at radius 2 is 1.97 bits per heavy atom. The monoisotopic (exact) mass is 465 g/mol. The van der Waals surface area contributed by atoms with Crippen LogP contribution in [-0.2, 0) is 9.47 Å². The molecule has 174 valence electrons. The molecule has 1 N–H and O–H groups in total. The number of benzene rings is 2. The molecule has 2 aromatic carbocycles. The Kier molecular flexibility index (Phi) is 9.11. The van der Waals surface area contributed by atoms with Crippen molar-refractivity contribution in [2.45, 2.75) is 6.42 Å². The minimum atomic E-state index is -0.433. The smallest absolute Gasteiger partial charge is 0.259 e. The molecule has 1 amide bonds. The van der Waals surface area contributed by atoms with Gasteiger partial charge in [0.05, 0.1) is 24.5 Å². The molecule has 1 aliphatic heterocycles. The van der Waals surface area contributed by atoms with Crippen molar-refractivity contribution in [2.24, 2.45) is 0 Å². The van der Waals surface area contributed by atoms with E-state index in [0.717, 1.165) is 32.6 Å². The maximum atomic E-state index is 14.8. The first-order valence-electron chi connectivity index (χ1n) is 10.5. The lowest BCUT2D eigenvalue weighted by Gasteiger charge is -2.23. The van der Waals surface area contributed by atoms with Crippen LogP contribution < -0.4 is 15.0 Å². The first-order valence-corrected chi connectivity index (χ1v) is 10.9. The quantitative estimate of drug-likeness (QED) is 0.448. The van der Waals surface area contributed by atoms with E-state index < -0.39 is 5.91 Å². The minimum absolute atomic E-state index is 0.0572. The van der Waals surface area contributed by atoms with Gasteiger partial charge in [-0.2, -0.15) is 0 Å². The van der Waals surface area contributed by atoms with Gasteiger partial charge in [0, 0.05) is 37.5 Å². The second-order valence-electron chi connectivity index (χ2n) is 7.57. The lowest BCUT2D eigenvalue weighted by atomic mass is 10.1. The van der Waals surface area contributed by atoms with E-state index in [9.17, 15) is 9.18 Å². The minimum Gasteiger partial charge on any atom is -0.467 e. The van der Waals surface area contributed by atoms with Gasteiger partial charge in [-0.3, -0.25) is 4.79 Å². The predicted octanol–water partition coefficient (Wildman–Crippen LogP) is 3.87. The normalized spacial score (nSPS) is 14.8. The van der Waals surface area contributed by atoms with Crippen molar-refractivity contribution in [1.82, 2.24) is 4.90 Å². The SMILES string of the molecule is COCCOCOc1cc(Cl)ccc1C(=O)Nc1ccc(N2CCCN(C)CC2)c(F)c1. The van der Waals surface area contributed by atoms with Crippen molar-refractivity contribution in [3.63, 3.8) is 0 Å². The van der Waals surface area contributed by atoms with E-state index in [-0.39, 0.29) is 23.9 Å². The summed E-state index contributed by atoms with van der Waals surface area (Å²) in [7, 11) is 3.64. The Hall–Kier alpha value is -2.39. The van der Waals surface area contributed by atoms with Crippen molar-refractivity contribution in [1.29, 1.82) is 0 Å². The second kappa shape index (κ2) is 12.0. The van der Waals surface area contributed by atoms with Crippen molar-refractivity contribution >= 4 is 28.9 Å². The molecule has 0 bridgehead atoms. The van der Waals surface area contributed by atoms with Gasteiger partial charge in [0.15, 0.2) is 6.79 Å². The van der Waals surface area contributed by atoms with Crippen molar-refractivity contribution in [3.05, 3.63) is 52.8 Å². The summed E-state index contributed by atoms with van der Waals surface area (Å²) in [6.45, 7) is 4.17. The summed E-state index contributed by atoms with van der Waals surface area (Å²) in [5.74, 6) is -0.526. The molecule has 32 heavy (non-hydrogen) atoms. The second-order valence-corrected chi connectivity index (χ2v) is 8.00. The van der Waals surface area contributed by atoms with Crippen LogP contribution in [0.25, 0.3) is 0 Å². The van der Waals surface area contributed by atoms with Crippen LogP contribution in [0.1, 0.15) is 16.8 Å². The third-order valence-electron chi connectivity index (χ3n) is 5.18. The Balaban J connectivity index is 1.67. The number of likely N-dealkylation sites (N-methyl/N-ethyl adjacent to an activating group) is 1. The van der Waals surface area contributed by atoms with Crippen LogP contribution in [0.5, 0.6) is 5.75 Å². The van der Waals surface area contributed by atoms with Crippen LogP contribution >= 0.6 is 11.6 Å². The van der Waals surface area contributed by atoms with Crippen LogP contribution in [0.4, 0.5) is 15.8 Å². The molecule has 0 atom stereocenters. The summed E-state index contributed by atoms with van der Waals surface area (Å²) >= 11 is 6.05. The number of carbonyl (C=O) groups is 1. The zero-order valence-electron chi connectivity index (χ0n) is 18.4. The standard InChI is InChI=1S/C23H29ClFN3O4/c1-27-8-3-9-28(11-10-27)21-7-5-18(15-20(21)25)26-23(29)19-6-4-17(24)14-22(19)32-16-31-13-12-30-2/h4-7,14-15H,3,8-13,16H2,1-2H3,(H,26,29). The Labute approximate surface area is 193 Å². The van der Waals surface area contributed by atoms with E-state index >= 15 is 0 Å². The third-order valence-corrected chi connectivity index (χ3v) is 5.42. The molecule has 1 saturated heterocycles.